The minimum Gasteiger partial charge on any atom is -0.461 e. The van der Waals surface area contributed by atoms with Crippen molar-refractivity contribution in [2.45, 2.75) is 19.5 Å². The van der Waals surface area contributed by atoms with Crippen LogP contribution in [-0.2, 0) is 16.1 Å². The molecule has 2 aromatic rings. The van der Waals surface area contributed by atoms with E-state index < -0.39 is 0 Å². The minimum atomic E-state index is -0.209. The quantitative estimate of drug-likeness (QED) is 0.741. The summed E-state index contributed by atoms with van der Waals surface area (Å²) < 4.78 is 5.37. The van der Waals surface area contributed by atoms with Gasteiger partial charge in [0, 0.05) is 11.1 Å². The smallest absolute Gasteiger partial charge is 0.369 e. The number of esters is 1. The van der Waals surface area contributed by atoms with Crippen LogP contribution in [0.25, 0.3) is 0 Å². The lowest BCUT2D eigenvalue weighted by atomic mass is 10.0. The molecular formula is C21H28N2O2+2. The maximum absolute atomic E-state index is 12.6. The molecule has 0 aliphatic carbocycles. The van der Waals surface area contributed by atoms with Gasteiger partial charge in [-0.15, -0.1) is 0 Å². The van der Waals surface area contributed by atoms with E-state index in [0.29, 0.717) is 6.61 Å². The van der Waals surface area contributed by atoms with Crippen LogP contribution in [0.4, 0.5) is 0 Å². The molecule has 1 atom stereocenters. The number of quaternary nitrogens is 2. The fraction of sp³-hybridized carbons (Fsp3) is 0.381. The van der Waals surface area contributed by atoms with Gasteiger partial charge in [-0.3, -0.25) is 0 Å². The summed E-state index contributed by atoms with van der Waals surface area (Å²) in [6.07, 6.45) is 0. The Morgan fingerprint density at radius 1 is 0.960 bits per heavy atom. The van der Waals surface area contributed by atoms with E-state index in [0.717, 1.165) is 38.3 Å². The molecule has 2 N–H and O–H groups in total. The molecule has 1 aliphatic heterocycles. The third-order valence-corrected chi connectivity index (χ3v) is 4.96. The Bertz CT molecular complexity index is 652. The lowest BCUT2D eigenvalue weighted by Crippen LogP contribution is -3.28. The molecule has 4 nitrogen and oxygen atoms in total. The molecule has 1 saturated heterocycles. The predicted molar refractivity (Wildman–Crippen MR) is 97.4 cm³/mol. The summed E-state index contributed by atoms with van der Waals surface area (Å²) >= 11 is 0. The predicted octanol–water partition coefficient (Wildman–Crippen LogP) is 0.274. The summed E-state index contributed by atoms with van der Waals surface area (Å²) in [6, 6.07) is 20.5. The van der Waals surface area contributed by atoms with Gasteiger partial charge in [-0.25, -0.2) is 4.79 Å². The summed E-state index contributed by atoms with van der Waals surface area (Å²) in [5.41, 5.74) is 2.44. The van der Waals surface area contributed by atoms with Gasteiger partial charge >= 0.3 is 5.97 Å². The van der Waals surface area contributed by atoms with E-state index in [9.17, 15) is 4.79 Å². The third kappa shape index (κ3) is 4.68. The van der Waals surface area contributed by atoms with Crippen molar-refractivity contribution in [2.75, 3.05) is 32.8 Å². The van der Waals surface area contributed by atoms with Gasteiger partial charge in [-0.05, 0) is 6.92 Å². The molecule has 3 rings (SSSR count). The first-order valence-corrected chi connectivity index (χ1v) is 9.21. The topological polar surface area (TPSA) is 35.2 Å². The van der Waals surface area contributed by atoms with Gasteiger partial charge < -0.3 is 14.5 Å². The number of nitrogens with one attached hydrogen (secondary N) is 2. The van der Waals surface area contributed by atoms with Crippen LogP contribution in [0.15, 0.2) is 60.7 Å². The monoisotopic (exact) mass is 340 g/mol. The van der Waals surface area contributed by atoms with Crippen LogP contribution < -0.4 is 9.80 Å². The van der Waals surface area contributed by atoms with Crippen molar-refractivity contribution in [3.05, 3.63) is 71.8 Å². The van der Waals surface area contributed by atoms with E-state index in [4.69, 9.17) is 4.74 Å². The number of piperazine rings is 1. The molecule has 1 fully saturated rings. The molecule has 4 heteroatoms. The summed E-state index contributed by atoms with van der Waals surface area (Å²) in [4.78, 5) is 15.5. The van der Waals surface area contributed by atoms with Gasteiger partial charge in [-0.1, -0.05) is 60.7 Å². The number of ether oxygens (including phenoxy) is 1. The largest absolute Gasteiger partial charge is 0.461 e. The minimum absolute atomic E-state index is 0.102. The van der Waals surface area contributed by atoms with Crippen molar-refractivity contribution < 1.29 is 19.3 Å². The molecule has 0 unspecified atom stereocenters. The van der Waals surface area contributed by atoms with Crippen LogP contribution in [0, 0.1) is 0 Å². The third-order valence-electron chi connectivity index (χ3n) is 4.96. The van der Waals surface area contributed by atoms with Crippen LogP contribution in [-0.4, -0.2) is 38.8 Å². The van der Waals surface area contributed by atoms with E-state index in [1.807, 2.05) is 37.3 Å². The van der Waals surface area contributed by atoms with Crippen LogP contribution in [0.5, 0.6) is 0 Å². The van der Waals surface area contributed by atoms with Gasteiger partial charge in [0.05, 0.1) is 6.61 Å². The Hall–Kier alpha value is -2.17. The van der Waals surface area contributed by atoms with Crippen molar-refractivity contribution in [2.24, 2.45) is 0 Å². The fourth-order valence-electron chi connectivity index (χ4n) is 3.68. The second-order valence-corrected chi connectivity index (χ2v) is 6.67. The summed E-state index contributed by atoms with van der Waals surface area (Å²) in [5, 5.41) is 0. The van der Waals surface area contributed by atoms with Crippen molar-refractivity contribution >= 4 is 5.97 Å². The van der Waals surface area contributed by atoms with Crippen molar-refractivity contribution in [1.29, 1.82) is 0 Å². The number of benzene rings is 2. The second-order valence-electron chi connectivity index (χ2n) is 6.67. The lowest BCUT2D eigenvalue weighted by molar-refractivity contribution is -1.03. The van der Waals surface area contributed by atoms with Gasteiger partial charge in [0.25, 0.3) is 0 Å². The van der Waals surface area contributed by atoms with Crippen molar-refractivity contribution in [1.82, 2.24) is 0 Å². The first-order valence-electron chi connectivity index (χ1n) is 9.21. The van der Waals surface area contributed by atoms with Crippen LogP contribution in [0.1, 0.15) is 24.1 Å². The van der Waals surface area contributed by atoms with Crippen LogP contribution >= 0.6 is 0 Å². The summed E-state index contributed by atoms with van der Waals surface area (Å²) in [6.45, 7) is 7.49. The number of hydrogen-bond acceptors (Lipinski definition) is 2. The zero-order chi connectivity index (χ0) is 17.5. The molecule has 0 aromatic heterocycles. The molecule has 132 valence electrons. The van der Waals surface area contributed by atoms with Gasteiger partial charge in [0.2, 0.25) is 6.04 Å². The standard InChI is InChI=1S/C21H26N2O2/c1-2-25-21(24)20(19-11-7-4-8-12-19)23-15-13-22(14-16-23)17-18-9-5-3-6-10-18/h3-12,20H,2,13-17H2,1H3/p+2/t20-/m0/s1. The maximum atomic E-state index is 12.6. The molecule has 0 bridgehead atoms. The molecule has 0 radical (unpaired) electrons. The number of carbonyl (C=O) groups excluding carboxylic acids is 1. The molecule has 0 amide bonds. The van der Waals surface area contributed by atoms with E-state index in [2.05, 4.69) is 30.3 Å². The Kier molecular flexibility index (Phi) is 6.20. The lowest BCUT2D eigenvalue weighted by Gasteiger charge is -2.33. The Balaban J connectivity index is 1.64. The first-order chi connectivity index (χ1) is 12.3. The van der Waals surface area contributed by atoms with E-state index in [1.165, 1.54) is 10.5 Å². The SMILES string of the molecule is CCOC(=O)[C@H](c1ccccc1)[NH+]1CC[NH+](Cc2ccccc2)CC1. The molecule has 1 heterocycles. The van der Waals surface area contributed by atoms with Gasteiger partial charge in [0.1, 0.15) is 32.7 Å². The first kappa shape index (κ1) is 17.6. The van der Waals surface area contributed by atoms with E-state index in [1.54, 1.807) is 4.90 Å². The highest BCUT2D eigenvalue weighted by Gasteiger charge is 2.36. The maximum Gasteiger partial charge on any atom is 0.369 e. The number of rotatable bonds is 6. The second kappa shape index (κ2) is 8.79. The Morgan fingerprint density at radius 2 is 1.56 bits per heavy atom. The molecule has 0 saturated carbocycles. The molecule has 2 aromatic carbocycles. The normalized spacial score (nSPS) is 21.5. The van der Waals surface area contributed by atoms with Crippen LogP contribution in [0.3, 0.4) is 0 Å². The van der Waals surface area contributed by atoms with E-state index in [-0.39, 0.29) is 12.0 Å². The number of hydrogen-bond donors (Lipinski definition) is 2. The fourth-order valence-corrected chi connectivity index (χ4v) is 3.68. The van der Waals surface area contributed by atoms with Crippen LogP contribution in [0.2, 0.25) is 0 Å². The molecule has 0 spiro atoms. The van der Waals surface area contributed by atoms with Crippen molar-refractivity contribution in [3.63, 3.8) is 0 Å². The van der Waals surface area contributed by atoms with Gasteiger partial charge in [-0.2, -0.15) is 0 Å². The zero-order valence-electron chi connectivity index (χ0n) is 14.9. The molecule has 25 heavy (non-hydrogen) atoms. The van der Waals surface area contributed by atoms with Crippen molar-refractivity contribution in [3.8, 4) is 0 Å². The average molecular weight is 340 g/mol. The number of carbonyl (C=O) groups is 1. The summed E-state index contributed by atoms with van der Waals surface area (Å²) in [7, 11) is 0. The highest BCUT2D eigenvalue weighted by atomic mass is 16.5. The Morgan fingerprint density at radius 3 is 2.16 bits per heavy atom. The molecular weight excluding hydrogens is 312 g/mol. The zero-order valence-corrected chi connectivity index (χ0v) is 14.9. The van der Waals surface area contributed by atoms with Gasteiger partial charge in [0.15, 0.2) is 0 Å². The summed E-state index contributed by atoms with van der Waals surface area (Å²) in [5.74, 6) is -0.102. The average Bonchev–Trinajstić information content (AvgIpc) is 2.65. The highest BCUT2D eigenvalue weighted by Crippen LogP contribution is 2.11. The highest BCUT2D eigenvalue weighted by molar-refractivity contribution is 5.76. The molecule has 1 aliphatic rings. The Labute approximate surface area is 150 Å². The van der Waals surface area contributed by atoms with E-state index >= 15 is 0 Å².